The van der Waals surface area contributed by atoms with E-state index < -0.39 is 12.1 Å². The average Bonchev–Trinajstić information content (AvgIpc) is 3.83. The van der Waals surface area contributed by atoms with Gasteiger partial charge in [-0.3, -0.25) is 9.59 Å². The second kappa shape index (κ2) is 12.6. The van der Waals surface area contributed by atoms with Crippen molar-refractivity contribution in [2.24, 2.45) is 27.5 Å². The summed E-state index contributed by atoms with van der Waals surface area (Å²) < 4.78 is 11.6. The number of nitrogens with one attached hydrogen (secondary N) is 1. The van der Waals surface area contributed by atoms with Crippen molar-refractivity contribution in [2.75, 3.05) is 33.4 Å². The Morgan fingerprint density at radius 3 is 2.73 bits per heavy atom. The highest BCUT2D eigenvalue weighted by Gasteiger charge is 2.47. The van der Waals surface area contributed by atoms with Crippen LogP contribution >= 0.6 is 0 Å². The molecule has 2 saturated carbocycles. The molecule has 3 fully saturated rings. The fourth-order valence-corrected chi connectivity index (χ4v) is 6.35. The molecule has 2 N–H and O–H groups in total. The third kappa shape index (κ3) is 7.17. The molecule has 2 amide bonds. The van der Waals surface area contributed by atoms with Crippen LogP contribution in [-0.2, 0) is 20.7 Å². The highest BCUT2D eigenvalue weighted by atomic mass is 16.5. The number of benzene rings is 1. The van der Waals surface area contributed by atoms with Gasteiger partial charge < -0.3 is 24.8 Å². The normalized spacial score (nSPS) is 27.5. The van der Waals surface area contributed by atoms with E-state index in [0.29, 0.717) is 32.2 Å². The van der Waals surface area contributed by atoms with Crippen LogP contribution in [0.1, 0.15) is 76.3 Å². The van der Waals surface area contributed by atoms with Crippen molar-refractivity contribution in [1.82, 2.24) is 10.2 Å². The maximum Gasteiger partial charge on any atom is 0.243 e. The predicted octanol–water partition coefficient (Wildman–Crippen LogP) is 4.39. The van der Waals surface area contributed by atoms with E-state index in [1.807, 2.05) is 6.07 Å². The van der Waals surface area contributed by atoms with Crippen LogP contribution in [0.3, 0.4) is 0 Å². The van der Waals surface area contributed by atoms with Gasteiger partial charge in [-0.1, -0.05) is 45.0 Å². The zero-order valence-corrected chi connectivity index (χ0v) is 25.0. The van der Waals surface area contributed by atoms with Crippen molar-refractivity contribution in [3.8, 4) is 5.75 Å². The Morgan fingerprint density at radius 2 is 2.00 bits per heavy atom. The van der Waals surface area contributed by atoms with E-state index in [2.05, 4.69) is 54.5 Å². The Morgan fingerprint density at radius 1 is 1.20 bits per heavy atom. The molecule has 1 aromatic rings. The van der Waals surface area contributed by atoms with Gasteiger partial charge in [-0.15, -0.1) is 0 Å². The molecule has 1 aromatic carbocycles. The van der Waals surface area contributed by atoms with E-state index in [1.54, 1.807) is 11.9 Å². The molecular weight excluding hydrogens is 520 g/mol. The Balaban J connectivity index is 1.24. The number of allylic oxidation sites excluding steroid dienone is 2. The average molecular weight is 567 g/mol. The number of carbonyl (C=O) groups is 2. The summed E-state index contributed by atoms with van der Waals surface area (Å²) in [5.74, 6) is 1.09. The first-order chi connectivity index (χ1) is 19.7. The smallest absolute Gasteiger partial charge is 0.243 e. The lowest BCUT2D eigenvalue weighted by Crippen LogP contribution is -2.50. The molecular formula is C32H46N4O5. The van der Waals surface area contributed by atoms with Crippen molar-refractivity contribution < 1.29 is 24.2 Å². The zero-order chi connectivity index (χ0) is 29.1. The molecule has 0 aromatic heterocycles. The predicted molar refractivity (Wildman–Crippen MR) is 156 cm³/mol. The Hall–Kier alpha value is -2.78. The van der Waals surface area contributed by atoms with Crippen LogP contribution < -0.4 is 10.1 Å². The van der Waals surface area contributed by atoms with Crippen LogP contribution in [0.5, 0.6) is 5.75 Å². The first-order valence-corrected chi connectivity index (χ1v) is 15.3. The summed E-state index contributed by atoms with van der Waals surface area (Å²) in [6, 6.07) is 5.54. The second-order valence-electron chi connectivity index (χ2n) is 13.1. The molecule has 9 heteroatoms. The monoisotopic (exact) mass is 566 g/mol. The number of β-amino-alcohol motifs (C(OH)–C–C–N with tert-alkyl or cyclic N) is 1. The fraction of sp³-hybridized carbons (Fsp3) is 0.688. The molecule has 9 nitrogen and oxygen atoms in total. The quantitative estimate of drug-likeness (QED) is 0.431. The number of nitrogens with zero attached hydrogens (tertiary/aromatic N) is 3. The minimum absolute atomic E-state index is 0.00823. The van der Waals surface area contributed by atoms with Crippen molar-refractivity contribution in [3.05, 3.63) is 41.1 Å². The number of aliphatic hydroxyl groups is 1. The molecule has 0 spiro atoms. The van der Waals surface area contributed by atoms with E-state index in [-0.39, 0.29) is 48.1 Å². The van der Waals surface area contributed by atoms with Crippen LogP contribution in [0, 0.1) is 17.3 Å². The maximum atomic E-state index is 14.0. The molecule has 224 valence electrons. The molecule has 5 atom stereocenters. The minimum atomic E-state index is -0.707. The molecule has 1 saturated heterocycles. The van der Waals surface area contributed by atoms with Gasteiger partial charge in [0, 0.05) is 43.8 Å². The fourth-order valence-electron chi connectivity index (χ4n) is 6.35. The Kier molecular flexibility index (Phi) is 9.14. The van der Waals surface area contributed by atoms with E-state index in [4.69, 9.17) is 9.47 Å². The van der Waals surface area contributed by atoms with Crippen molar-refractivity contribution in [2.45, 2.75) is 89.8 Å². The lowest BCUT2D eigenvalue weighted by atomic mass is 9.77. The lowest BCUT2D eigenvalue weighted by molar-refractivity contribution is -0.144. The third-order valence-corrected chi connectivity index (χ3v) is 8.86. The van der Waals surface area contributed by atoms with Crippen molar-refractivity contribution >= 4 is 11.8 Å². The van der Waals surface area contributed by atoms with Gasteiger partial charge in [0.1, 0.15) is 18.4 Å². The highest BCUT2D eigenvalue weighted by Crippen LogP contribution is 2.46. The number of amides is 2. The van der Waals surface area contributed by atoms with Crippen molar-refractivity contribution in [1.29, 1.82) is 0 Å². The molecule has 2 aliphatic carbocycles. The number of azo groups is 1. The lowest BCUT2D eigenvalue weighted by Gasteiger charge is -2.35. The van der Waals surface area contributed by atoms with E-state index in [0.717, 1.165) is 54.7 Å². The van der Waals surface area contributed by atoms with E-state index in [1.165, 1.54) is 0 Å². The number of ether oxygens (including phenoxy) is 2. The zero-order valence-electron chi connectivity index (χ0n) is 25.0. The summed E-state index contributed by atoms with van der Waals surface area (Å²) in [5.41, 5.74) is 3.00. The van der Waals surface area contributed by atoms with Gasteiger partial charge in [-0.05, 0) is 55.1 Å². The Labute approximate surface area is 243 Å². The number of hydrogen-bond donors (Lipinski definition) is 2. The van der Waals surface area contributed by atoms with Gasteiger partial charge in [0.15, 0.2) is 0 Å². The molecule has 0 radical (unpaired) electrons. The molecule has 4 aliphatic rings. The first-order valence-electron chi connectivity index (χ1n) is 15.3. The van der Waals surface area contributed by atoms with Gasteiger partial charge in [0.2, 0.25) is 11.8 Å². The topological polar surface area (TPSA) is 113 Å². The van der Waals surface area contributed by atoms with Gasteiger partial charge >= 0.3 is 0 Å². The second-order valence-corrected chi connectivity index (χ2v) is 13.1. The Bertz CT molecular complexity index is 1170. The number of hydrogen-bond acceptors (Lipinski definition) is 7. The van der Waals surface area contributed by atoms with Crippen LogP contribution in [0.4, 0.5) is 0 Å². The van der Waals surface area contributed by atoms with Crippen molar-refractivity contribution in [3.63, 3.8) is 0 Å². The SMILES string of the molecule is CN=N/C(=C\CC[C@H](C(=O)N1C[C@H](O)C[C@H]1C(=O)N[C@@H]1C[C@H]1c1cccc2c1OCCOCC2)C(C)(C)C)C1CC1. The standard InChI is InChI=1S/C32H46N4O5/c1-32(2,3)25(9-6-10-26(35-33-4)20-11-12-20)31(39)36-19-22(37)17-28(36)30(38)34-27-18-24(27)23-8-5-7-21-13-14-40-15-16-41-29(21)23/h5,7-8,10,20,22,24-25,27-28,37H,6,9,11-19H2,1-4H3,(H,34,38)/b26-10-,35-33?/t22-,24+,25-,27-,28+/m1/s1. The molecule has 0 bridgehead atoms. The van der Waals surface area contributed by atoms with Crippen LogP contribution in [0.15, 0.2) is 40.2 Å². The summed E-state index contributed by atoms with van der Waals surface area (Å²) in [6.45, 7) is 8.17. The summed E-state index contributed by atoms with van der Waals surface area (Å²) in [4.78, 5) is 29.1. The maximum absolute atomic E-state index is 14.0. The molecule has 2 heterocycles. The number of para-hydroxylation sites is 1. The summed E-state index contributed by atoms with van der Waals surface area (Å²) >= 11 is 0. The van der Waals surface area contributed by atoms with E-state index >= 15 is 0 Å². The van der Waals surface area contributed by atoms with Gasteiger partial charge in [-0.2, -0.15) is 10.2 Å². The minimum Gasteiger partial charge on any atom is -0.491 e. The van der Waals surface area contributed by atoms with Gasteiger partial charge in [0.05, 0.1) is 25.0 Å². The van der Waals surface area contributed by atoms with Crippen LogP contribution in [0.2, 0.25) is 0 Å². The highest BCUT2D eigenvalue weighted by molar-refractivity contribution is 5.90. The number of carbonyl (C=O) groups excluding carboxylic acids is 2. The summed E-state index contributed by atoms with van der Waals surface area (Å²) in [6.07, 6.45) is 6.99. The summed E-state index contributed by atoms with van der Waals surface area (Å²) in [5, 5.41) is 22.0. The third-order valence-electron chi connectivity index (χ3n) is 8.86. The molecule has 5 rings (SSSR count). The number of likely N-dealkylation sites (tertiary alicyclic amines) is 1. The largest absolute Gasteiger partial charge is 0.491 e. The summed E-state index contributed by atoms with van der Waals surface area (Å²) in [7, 11) is 1.69. The molecule has 0 unspecified atom stereocenters. The van der Waals surface area contributed by atoms with E-state index in [9.17, 15) is 14.7 Å². The van der Waals surface area contributed by atoms with Gasteiger partial charge in [0.25, 0.3) is 0 Å². The number of aliphatic hydroxyl groups excluding tert-OH is 1. The van der Waals surface area contributed by atoms with Gasteiger partial charge in [-0.25, -0.2) is 0 Å². The van der Waals surface area contributed by atoms with Crippen LogP contribution in [0.25, 0.3) is 0 Å². The number of rotatable bonds is 9. The number of fused-ring (bicyclic) bond motifs is 1. The first kappa shape index (κ1) is 29.7. The molecule has 2 aliphatic heterocycles. The van der Waals surface area contributed by atoms with Crippen LogP contribution in [-0.4, -0.2) is 73.4 Å². The molecule has 41 heavy (non-hydrogen) atoms.